The number of nitrogen functional groups attached to an aromatic ring is 1. The van der Waals surface area contributed by atoms with Gasteiger partial charge in [-0.25, -0.2) is 4.98 Å². The van der Waals surface area contributed by atoms with Crippen LogP contribution in [-0.4, -0.2) is 110 Å². The van der Waals surface area contributed by atoms with Crippen molar-refractivity contribution < 1.29 is 24.6 Å². The molecule has 4 atom stereocenters. The number of benzene rings is 2. The van der Waals surface area contributed by atoms with Crippen LogP contribution in [0.2, 0.25) is 0 Å². The number of anilines is 2. The van der Waals surface area contributed by atoms with Crippen molar-refractivity contribution in [2.45, 2.75) is 65.3 Å². The molecule has 3 amide bonds. The van der Waals surface area contributed by atoms with Crippen LogP contribution in [-0.2, 0) is 14.4 Å². The summed E-state index contributed by atoms with van der Waals surface area (Å²) in [5.74, 6) is -0.702. The second-order valence-corrected chi connectivity index (χ2v) is 16.0. The molecule has 2 aliphatic heterocycles. The highest BCUT2D eigenvalue weighted by atomic mass is 35.5. The Bertz CT molecular complexity index is 1980. The lowest BCUT2D eigenvalue weighted by molar-refractivity contribution is -0.144. The van der Waals surface area contributed by atoms with E-state index in [1.165, 1.54) is 4.90 Å². The van der Waals surface area contributed by atoms with E-state index in [9.17, 15) is 24.6 Å². The van der Waals surface area contributed by atoms with Crippen LogP contribution in [0.25, 0.3) is 21.7 Å². The average Bonchev–Trinajstić information content (AvgIpc) is 3.76. The van der Waals surface area contributed by atoms with E-state index in [-0.39, 0.29) is 61.3 Å². The third-order valence-electron chi connectivity index (χ3n) is 10.1. The third-order valence-corrected chi connectivity index (χ3v) is 11.1. The number of aromatic hydroxyl groups is 1. The summed E-state index contributed by atoms with van der Waals surface area (Å²) in [7, 11) is 0. The van der Waals surface area contributed by atoms with Gasteiger partial charge in [0.2, 0.25) is 17.7 Å². The number of aromatic nitrogens is 3. The van der Waals surface area contributed by atoms with Crippen LogP contribution in [0.1, 0.15) is 51.4 Å². The van der Waals surface area contributed by atoms with Crippen LogP contribution in [0.4, 0.5) is 11.5 Å². The van der Waals surface area contributed by atoms with E-state index < -0.39 is 29.5 Å². The molecule has 4 aromatic rings. The fourth-order valence-corrected chi connectivity index (χ4v) is 7.85. The van der Waals surface area contributed by atoms with Gasteiger partial charge in [0.05, 0.1) is 46.2 Å². The van der Waals surface area contributed by atoms with Crippen molar-refractivity contribution in [3.8, 4) is 27.4 Å². The zero-order chi connectivity index (χ0) is 38.7. The summed E-state index contributed by atoms with van der Waals surface area (Å²) < 4.78 is 0. The number of phenols is 1. The largest absolute Gasteiger partial charge is 0.507 e. The number of amides is 3. The molecule has 55 heavy (non-hydrogen) atoms. The Labute approximate surface area is 331 Å². The summed E-state index contributed by atoms with van der Waals surface area (Å²) in [4.78, 5) is 52.2. The maximum Gasteiger partial charge on any atom is 0.246 e. The molecule has 0 radical (unpaired) electrons. The number of nitrogens with one attached hydrogen (secondary N) is 2. The van der Waals surface area contributed by atoms with Crippen LogP contribution >= 0.6 is 23.7 Å². The number of phenolic OH excluding ortho intramolecular Hbond substituents is 1. The highest BCUT2D eigenvalue weighted by Crippen LogP contribution is 2.32. The number of hydrogen-bond acceptors (Lipinski definition) is 12. The first-order valence-electron chi connectivity index (χ1n) is 18.2. The molecule has 2 aromatic carbocycles. The van der Waals surface area contributed by atoms with Gasteiger partial charge in [-0.15, -0.1) is 33.9 Å². The maximum absolute atomic E-state index is 14.2. The summed E-state index contributed by atoms with van der Waals surface area (Å²) in [6.07, 6.45) is -0.761. The van der Waals surface area contributed by atoms with E-state index in [4.69, 9.17) is 5.73 Å². The summed E-state index contributed by atoms with van der Waals surface area (Å²) in [5, 5.41) is 35.2. The molecule has 1 unspecified atom stereocenters. The normalized spacial score (nSPS) is 18.7. The Hall–Kier alpha value is -4.83. The smallest absolute Gasteiger partial charge is 0.246 e. The van der Waals surface area contributed by atoms with Gasteiger partial charge in [-0.1, -0.05) is 57.2 Å². The molecule has 6 rings (SSSR count). The summed E-state index contributed by atoms with van der Waals surface area (Å²) >= 11 is 1.58. The minimum atomic E-state index is -0.928. The molecule has 0 spiro atoms. The highest BCUT2D eigenvalue weighted by molar-refractivity contribution is 7.13. The predicted octanol–water partition coefficient (Wildman–Crippen LogP) is 3.78. The molecule has 0 bridgehead atoms. The minimum absolute atomic E-state index is 0. The first-order valence-corrected chi connectivity index (χ1v) is 19.0. The van der Waals surface area contributed by atoms with Gasteiger partial charge in [-0.3, -0.25) is 19.3 Å². The van der Waals surface area contributed by atoms with Crippen molar-refractivity contribution in [1.82, 2.24) is 35.6 Å². The van der Waals surface area contributed by atoms with Crippen molar-refractivity contribution in [3.63, 3.8) is 0 Å². The molecule has 2 aliphatic rings. The van der Waals surface area contributed by atoms with Gasteiger partial charge in [0.25, 0.3) is 0 Å². The van der Waals surface area contributed by atoms with Crippen molar-refractivity contribution in [3.05, 3.63) is 71.4 Å². The number of halogens is 1. The summed E-state index contributed by atoms with van der Waals surface area (Å²) in [5.41, 5.74) is 12.0. The fraction of sp³-hybridized carbons (Fsp3) is 0.436. The molecular formula is C39H50ClN9O5S. The van der Waals surface area contributed by atoms with Gasteiger partial charge in [0, 0.05) is 44.7 Å². The molecule has 0 saturated carbocycles. The van der Waals surface area contributed by atoms with Crippen molar-refractivity contribution >= 4 is 53.0 Å². The lowest BCUT2D eigenvalue weighted by atomic mass is 9.85. The standard InChI is InChI=1S/C39H49N9O5S.ClH/c1-23(25-10-12-26(13-11-25)34-24(2)41-22-54-34)42-37(52)31-18-27(49)20-48(31)38(53)35(39(3,4)5)43-33(51)21-46-14-16-47(17-15-46)30-19-29(44-45-36(30)40)28-8-6-7-9-32(28)50;/h6-13,19,22-23,27,31,35,49-50H,14-18,20-21H2,1-5H3,(H2,40,45)(H,42,52)(H,43,51);1H/t23-,27+,31-,35?;/m0./s1. The van der Waals surface area contributed by atoms with Crippen molar-refractivity contribution in [2.75, 3.05) is 49.9 Å². The Balaban J connectivity index is 0.00000580. The number of carbonyl (C=O) groups is 3. The zero-order valence-corrected chi connectivity index (χ0v) is 33.4. The van der Waals surface area contributed by atoms with E-state index in [2.05, 4.69) is 30.7 Å². The molecule has 14 nitrogen and oxygen atoms in total. The number of para-hydroxylation sites is 1. The van der Waals surface area contributed by atoms with E-state index in [0.717, 1.165) is 21.7 Å². The molecule has 2 aromatic heterocycles. The van der Waals surface area contributed by atoms with Gasteiger partial charge in [-0.05, 0) is 48.6 Å². The van der Waals surface area contributed by atoms with Crippen molar-refractivity contribution in [1.29, 1.82) is 0 Å². The number of aliphatic hydroxyl groups excluding tert-OH is 1. The van der Waals surface area contributed by atoms with Gasteiger partial charge in [-0.2, -0.15) is 0 Å². The van der Waals surface area contributed by atoms with Crippen LogP contribution in [0.3, 0.4) is 0 Å². The third kappa shape index (κ3) is 9.53. The number of aryl methyl sites for hydroxylation is 1. The van der Waals surface area contributed by atoms with Crippen LogP contribution < -0.4 is 21.3 Å². The van der Waals surface area contributed by atoms with Gasteiger partial charge in [0.15, 0.2) is 5.82 Å². The quantitative estimate of drug-likeness (QED) is 0.157. The topological polar surface area (TPSA) is 190 Å². The molecule has 0 aliphatic carbocycles. The van der Waals surface area contributed by atoms with Crippen molar-refractivity contribution in [2.24, 2.45) is 5.41 Å². The molecule has 2 fully saturated rings. The number of hydrogen-bond donors (Lipinski definition) is 5. The van der Waals surface area contributed by atoms with Crippen LogP contribution in [0, 0.1) is 12.3 Å². The van der Waals surface area contributed by atoms with Gasteiger partial charge >= 0.3 is 0 Å². The lowest BCUT2D eigenvalue weighted by Gasteiger charge is -2.38. The molecule has 4 heterocycles. The Morgan fingerprint density at radius 3 is 2.35 bits per heavy atom. The number of nitrogens with two attached hydrogens (primary N) is 1. The number of β-amino-alcohol motifs (C(OH)–C–C–N with tert-alkyl or cyclic N) is 1. The second kappa shape index (κ2) is 17.3. The molecular weight excluding hydrogens is 742 g/mol. The monoisotopic (exact) mass is 791 g/mol. The van der Waals surface area contributed by atoms with E-state index in [1.54, 1.807) is 29.5 Å². The number of aliphatic hydroxyl groups is 1. The molecule has 294 valence electrons. The maximum atomic E-state index is 14.2. The molecule has 6 N–H and O–H groups in total. The second-order valence-electron chi connectivity index (χ2n) is 15.2. The molecule has 2 saturated heterocycles. The molecule has 16 heteroatoms. The Morgan fingerprint density at radius 1 is 1.02 bits per heavy atom. The van der Waals surface area contributed by atoms with E-state index >= 15 is 0 Å². The Kier molecular flexibility index (Phi) is 13.0. The minimum Gasteiger partial charge on any atom is -0.507 e. The summed E-state index contributed by atoms with van der Waals surface area (Å²) in [6.45, 7) is 11.8. The highest BCUT2D eigenvalue weighted by Gasteiger charge is 2.45. The summed E-state index contributed by atoms with van der Waals surface area (Å²) in [6, 6.07) is 14.5. The van der Waals surface area contributed by atoms with Gasteiger partial charge < -0.3 is 36.4 Å². The van der Waals surface area contributed by atoms with Gasteiger partial charge in [0.1, 0.15) is 17.8 Å². The SMILES string of the molecule is Cc1ncsc1-c1ccc([C@H](C)NC(=O)[C@@H]2C[C@@H](O)CN2C(=O)C(NC(=O)CN2CCN(c3cc(-c4ccccc4O)nnc3N)CC2)C(C)(C)C)cc1.Cl. The number of nitrogens with zero attached hydrogens (tertiary/aromatic N) is 6. The average molecular weight is 792 g/mol. The first kappa shape index (κ1) is 41.3. The first-order chi connectivity index (χ1) is 25.7. The van der Waals surface area contributed by atoms with E-state index in [1.807, 2.05) is 81.4 Å². The van der Waals surface area contributed by atoms with Crippen LogP contribution in [0.5, 0.6) is 5.75 Å². The number of carbonyl (C=O) groups excluding carboxylic acids is 3. The fourth-order valence-electron chi connectivity index (χ4n) is 7.04. The number of piperazine rings is 1. The predicted molar refractivity (Wildman–Crippen MR) is 216 cm³/mol. The number of likely N-dealkylation sites (tertiary alicyclic amines) is 1. The number of thiazole rings is 1. The lowest BCUT2D eigenvalue weighted by Crippen LogP contribution is -2.59. The number of rotatable bonds is 10. The zero-order valence-electron chi connectivity index (χ0n) is 31.7. The van der Waals surface area contributed by atoms with Crippen LogP contribution in [0.15, 0.2) is 60.1 Å². The van der Waals surface area contributed by atoms with E-state index in [0.29, 0.717) is 43.1 Å². The Morgan fingerprint density at radius 2 is 1.71 bits per heavy atom.